The molecule has 1 amide bonds. The molecule has 0 spiro atoms. The van der Waals surface area contributed by atoms with Crippen LogP contribution in [0.15, 0.2) is 43.0 Å². The molecule has 0 saturated carbocycles. The van der Waals surface area contributed by atoms with Gasteiger partial charge >= 0.3 is 5.97 Å². The van der Waals surface area contributed by atoms with Gasteiger partial charge in [0.05, 0.1) is 18.4 Å². The number of carbonyl (C=O) groups is 2. The lowest BCUT2D eigenvalue weighted by molar-refractivity contribution is -0.121. The smallest absolute Gasteiger partial charge is 0.335 e. The molecule has 0 radical (unpaired) electrons. The topological polar surface area (TPSA) is 93.5 Å². The summed E-state index contributed by atoms with van der Waals surface area (Å²) in [4.78, 5) is 26.3. The van der Waals surface area contributed by atoms with Crippen molar-refractivity contribution >= 4 is 11.9 Å². The molecule has 0 unspecified atom stereocenters. The van der Waals surface area contributed by atoms with Gasteiger partial charge in [-0.05, 0) is 18.2 Å². The zero-order chi connectivity index (χ0) is 15.8. The van der Waals surface area contributed by atoms with E-state index in [0.29, 0.717) is 25.3 Å². The first-order chi connectivity index (χ1) is 10.6. The summed E-state index contributed by atoms with van der Waals surface area (Å²) < 4.78 is 7.23. The van der Waals surface area contributed by atoms with Crippen molar-refractivity contribution in [3.8, 4) is 5.75 Å². The molecule has 1 aromatic heterocycles. The summed E-state index contributed by atoms with van der Waals surface area (Å²) in [6.07, 6.45) is 5.49. The van der Waals surface area contributed by atoms with Gasteiger partial charge in [0.25, 0.3) is 0 Å². The molecule has 0 aliphatic heterocycles. The molecule has 7 heteroatoms. The monoisotopic (exact) mass is 303 g/mol. The second-order valence-electron chi connectivity index (χ2n) is 4.58. The van der Waals surface area contributed by atoms with Crippen molar-refractivity contribution in [2.75, 3.05) is 13.2 Å². The van der Waals surface area contributed by atoms with E-state index >= 15 is 0 Å². The first-order valence-corrected chi connectivity index (χ1v) is 6.84. The number of carbonyl (C=O) groups excluding carboxylic acids is 1. The van der Waals surface area contributed by atoms with Crippen LogP contribution >= 0.6 is 0 Å². The number of rotatable bonds is 8. The summed E-state index contributed by atoms with van der Waals surface area (Å²) >= 11 is 0. The van der Waals surface area contributed by atoms with Crippen molar-refractivity contribution in [3.63, 3.8) is 0 Å². The molecule has 0 saturated heterocycles. The number of hydrogen-bond acceptors (Lipinski definition) is 4. The van der Waals surface area contributed by atoms with Crippen molar-refractivity contribution in [3.05, 3.63) is 48.5 Å². The van der Waals surface area contributed by atoms with Crippen molar-refractivity contribution in [2.24, 2.45) is 0 Å². The van der Waals surface area contributed by atoms with Crippen molar-refractivity contribution in [2.45, 2.75) is 13.0 Å². The fourth-order valence-corrected chi connectivity index (χ4v) is 1.82. The normalized spacial score (nSPS) is 10.2. The zero-order valence-corrected chi connectivity index (χ0v) is 11.9. The van der Waals surface area contributed by atoms with Gasteiger partial charge in [-0.15, -0.1) is 0 Å². The van der Waals surface area contributed by atoms with E-state index in [-0.39, 0.29) is 18.1 Å². The molecule has 1 aromatic carbocycles. The lowest BCUT2D eigenvalue weighted by atomic mass is 10.2. The number of aryl methyl sites for hydroxylation is 1. The number of nitrogens with zero attached hydrogens (tertiary/aromatic N) is 2. The number of hydrogen-bond donors (Lipinski definition) is 2. The molecule has 0 atom stereocenters. The summed E-state index contributed by atoms with van der Waals surface area (Å²) in [7, 11) is 0. The second-order valence-corrected chi connectivity index (χ2v) is 4.58. The minimum atomic E-state index is -1.00. The highest BCUT2D eigenvalue weighted by atomic mass is 16.5. The number of aromatic carboxylic acids is 1. The quantitative estimate of drug-likeness (QED) is 0.714. The van der Waals surface area contributed by atoms with Gasteiger partial charge in [-0.3, -0.25) is 4.79 Å². The predicted octanol–water partition coefficient (Wildman–Crippen LogP) is 1.17. The maximum Gasteiger partial charge on any atom is 0.335 e. The van der Waals surface area contributed by atoms with Gasteiger partial charge in [0.15, 0.2) is 0 Å². The number of aromatic nitrogens is 2. The number of carboxylic acids is 1. The Balaban J connectivity index is 1.65. The van der Waals surface area contributed by atoms with Crippen LogP contribution in [0.2, 0.25) is 0 Å². The van der Waals surface area contributed by atoms with E-state index < -0.39 is 5.97 Å². The molecular weight excluding hydrogens is 286 g/mol. The van der Waals surface area contributed by atoms with Gasteiger partial charge < -0.3 is 19.7 Å². The van der Waals surface area contributed by atoms with Crippen LogP contribution in [-0.2, 0) is 11.3 Å². The van der Waals surface area contributed by atoms with Crippen LogP contribution < -0.4 is 10.1 Å². The second kappa shape index (κ2) is 7.82. The predicted molar refractivity (Wildman–Crippen MR) is 78.8 cm³/mol. The molecule has 0 bridgehead atoms. The first-order valence-electron chi connectivity index (χ1n) is 6.84. The van der Waals surface area contributed by atoms with E-state index in [0.717, 1.165) is 0 Å². The fourth-order valence-electron chi connectivity index (χ4n) is 1.82. The maximum absolute atomic E-state index is 11.6. The summed E-state index contributed by atoms with van der Waals surface area (Å²) in [5, 5.41) is 11.6. The lowest BCUT2D eigenvalue weighted by Crippen LogP contribution is -2.28. The fraction of sp³-hybridized carbons (Fsp3) is 0.267. The average molecular weight is 303 g/mol. The Morgan fingerprint density at radius 3 is 2.95 bits per heavy atom. The number of benzene rings is 1. The van der Waals surface area contributed by atoms with E-state index in [1.807, 2.05) is 4.57 Å². The Hall–Kier alpha value is -2.83. The molecule has 1 heterocycles. The highest BCUT2D eigenvalue weighted by molar-refractivity contribution is 5.88. The van der Waals surface area contributed by atoms with E-state index in [1.54, 1.807) is 30.9 Å². The SMILES string of the molecule is O=C(CCn1ccnc1)NCCOc1cccc(C(=O)O)c1. The minimum Gasteiger partial charge on any atom is -0.492 e. The van der Waals surface area contributed by atoms with Gasteiger partial charge in [0.2, 0.25) is 5.91 Å². The Labute approximate surface area is 127 Å². The Morgan fingerprint density at radius 2 is 2.23 bits per heavy atom. The summed E-state index contributed by atoms with van der Waals surface area (Å²) in [6.45, 7) is 1.22. The largest absolute Gasteiger partial charge is 0.492 e. The minimum absolute atomic E-state index is 0.0726. The summed E-state index contributed by atoms with van der Waals surface area (Å²) in [5.74, 6) is -0.609. The average Bonchev–Trinajstić information content (AvgIpc) is 3.03. The number of amides is 1. The third-order valence-electron chi connectivity index (χ3n) is 2.93. The van der Waals surface area contributed by atoms with E-state index in [1.165, 1.54) is 12.1 Å². The van der Waals surface area contributed by atoms with Gasteiger partial charge in [0.1, 0.15) is 12.4 Å². The van der Waals surface area contributed by atoms with Gasteiger partial charge in [-0.25, -0.2) is 9.78 Å². The Morgan fingerprint density at radius 1 is 1.36 bits per heavy atom. The highest BCUT2D eigenvalue weighted by Crippen LogP contribution is 2.12. The standard InChI is InChI=1S/C15H17N3O4/c19-14(4-7-18-8-5-16-11-18)17-6-9-22-13-3-1-2-12(10-13)15(20)21/h1-3,5,8,10-11H,4,6-7,9H2,(H,17,19)(H,20,21). The van der Waals surface area contributed by atoms with Crippen molar-refractivity contribution in [1.29, 1.82) is 0 Å². The molecule has 7 nitrogen and oxygen atoms in total. The molecule has 116 valence electrons. The zero-order valence-electron chi connectivity index (χ0n) is 11.9. The van der Waals surface area contributed by atoms with Crippen LogP contribution in [0.3, 0.4) is 0 Å². The summed E-state index contributed by atoms with van der Waals surface area (Å²) in [5.41, 5.74) is 0.168. The molecule has 0 aliphatic carbocycles. The third kappa shape index (κ3) is 4.93. The van der Waals surface area contributed by atoms with Crippen LogP contribution in [0.4, 0.5) is 0 Å². The molecule has 2 N–H and O–H groups in total. The molecule has 2 rings (SSSR count). The van der Waals surface area contributed by atoms with Crippen LogP contribution in [0, 0.1) is 0 Å². The van der Waals surface area contributed by atoms with Crippen molar-refractivity contribution in [1.82, 2.24) is 14.9 Å². The molecular formula is C15H17N3O4. The molecule has 0 aliphatic rings. The third-order valence-corrected chi connectivity index (χ3v) is 2.93. The van der Waals surface area contributed by atoms with E-state index in [4.69, 9.17) is 9.84 Å². The van der Waals surface area contributed by atoms with E-state index in [2.05, 4.69) is 10.3 Å². The van der Waals surface area contributed by atoms with Crippen molar-refractivity contribution < 1.29 is 19.4 Å². The van der Waals surface area contributed by atoms with Crippen LogP contribution in [0.5, 0.6) is 5.75 Å². The van der Waals surface area contributed by atoms with Gasteiger partial charge in [-0.2, -0.15) is 0 Å². The van der Waals surface area contributed by atoms with Crippen LogP contribution in [0.1, 0.15) is 16.8 Å². The van der Waals surface area contributed by atoms with Gasteiger partial charge in [-0.1, -0.05) is 6.07 Å². The number of carboxylic acid groups (broad SMARTS) is 1. The number of imidazole rings is 1. The number of nitrogens with one attached hydrogen (secondary N) is 1. The molecule has 2 aromatic rings. The van der Waals surface area contributed by atoms with Crippen LogP contribution in [-0.4, -0.2) is 39.7 Å². The lowest BCUT2D eigenvalue weighted by Gasteiger charge is -2.08. The number of ether oxygens (including phenoxy) is 1. The first kappa shape index (κ1) is 15.6. The van der Waals surface area contributed by atoms with Gasteiger partial charge in [0, 0.05) is 25.4 Å². The highest BCUT2D eigenvalue weighted by Gasteiger charge is 2.04. The Bertz CT molecular complexity index is 625. The molecule has 22 heavy (non-hydrogen) atoms. The molecule has 0 fully saturated rings. The Kier molecular flexibility index (Phi) is 5.53. The van der Waals surface area contributed by atoms with E-state index in [9.17, 15) is 9.59 Å². The van der Waals surface area contributed by atoms with Crippen LogP contribution in [0.25, 0.3) is 0 Å². The summed E-state index contributed by atoms with van der Waals surface area (Å²) in [6, 6.07) is 6.23. The maximum atomic E-state index is 11.6.